The Balaban J connectivity index is 2.01. The number of anilines is 1. The van der Waals surface area contributed by atoms with Gasteiger partial charge in [-0.2, -0.15) is 0 Å². The lowest BCUT2D eigenvalue weighted by atomic mass is 10.1. The summed E-state index contributed by atoms with van der Waals surface area (Å²) >= 11 is 12.4. The SMILES string of the molecule is CCCCNC(=O)C(C)N(Cc1ccc(F)cc1)C(=O)CN(c1ccc(Cl)cc1Cl)S(=O)(=O)c1ccccc1. The molecule has 0 saturated carbocycles. The Morgan fingerprint density at radius 2 is 1.67 bits per heavy atom. The smallest absolute Gasteiger partial charge is 0.264 e. The summed E-state index contributed by atoms with van der Waals surface area (Å²) in [5.41, 5.74) is 0.625. The van der Waals surface area contributed by atoms with Crippen molar-refractivity contribution in [2.24, 2.45) is 0 Å². The van der Waals surface area contributed by atoms with E-state index in [-0.39, 0.29) is 28.1 Å². The molecule has 0 heterocycles. The Morgan fingerprint density at radius 3 is 2.28 bits per heavy atom. The number of benzene rings is 3. The molecular weight excluding hydrogens is 564 g/mol. The van der Waals surface area contributed by atoms with Crippen LogP contribution < -0.4 is 9.62 Å². The van der Waals surface area contributed by atoms with Crippen LogP contribution in [0.5, 0.6) is 0 Å². The van der Waals surface area contributed by atoms with Gasteiger partial charge in [0.1, 0.15) is 18.4 Å². The molecule has 0 aliphatic rings. The van der Waals surface area contributed by atoms with Gasteiger partial charge in [0.2, 0.25) is 11.8 Å². The van der Waals surface area contributed by atoms with Gasteiger partial charge in [-0.05, 0) is 61.4 Å². The minimum absolute atomic E-state index is 0.0326. The largest absolute Gasteiger partial charge is 0.354 e. The van der Waals surface area contributed by atoms with Crippen molar-refractivity contribution in [1.29, 1.82) is 0 Å². The van der Waals surface area contributed by atoms with E-state index < -0.39 is 34.3 Å². The maximum absolute atomic E-state index is 13.8. The highest BCUT2D eigenvalue weighted by Crippen LogP contribution is 2.33. The maximum Gasteiger partial charge on any atom is 0.264 e. The van der Waals surface area contributed by atoms with E-state index in [1.165, 1.54) is 59.5 Å². The summed E-state index contributed by atoms with van der Waals surface area (Å²) in [6.45, 7) is 3.30. The van der Waals surface area contributed by atoms with Crippen molar-refractivity contribution in [3.63, 3.8) is 0 Å². The molecule has 0 radical (unpaired) electrons. The third-order valence-electron chi connectivity index (χ3n) is 6.05. The molecule has 0 aliphatic heterocycles. The first-order valence-electron chi connectivity index (χ1n) is 12.4. The van der Waals surface area contributed by atoms with Crippen LogP contribution in [0.15, 0.2) is 77.7 Å². The second kappa shape index (κ2) is 13.8. The molecule has 1 N–H and O–H groups in total. The summed E-state index contributed by atoms with van der Waals surface area (Å²) in [5, 5.41) is 3.14. The van der Waals surface area contributed by atoms with Crippen molar-refractivity contribution < 1.29 is 22.4 Å². The average molecular weight is 595 g/mol. The standard InChI is InChI=1S/C28H30Cl2FN3O4S/c1-3-4-16-32-28(36)20(2)33(18-21-10-13-23(31)14-11-21)27(35)19-34(26-15-12-22(29)17-25(26)30)39(37,38)24-8-6-5-7-9-24/h5-15,17,20H,3-4,16,18-19H2,1-2H3,(H,32,36). The van der Waals surface area contributed by atoms with E-state index in [4.69, 9.17) is 23.2 Å². The zero-order chi connectivity index (χ0) is 28.6. The third-order valence-corrected chi connectivity index (χ3v) is 8.36. The predicted octanol–water partition coefficient (Wildman–Crippen LogP) is 5.66. The Bertz CT molecular complexity index is 1390. The highest BCUT2D eigenvalue weighted by molar-refractivity contribution is 7.92. The van der Waals surface area contributed by atoms with Crippen LogP contribution in [-0.2, 0) is 26.2 Å². The molecule has 0 saturated heterocycles. The lowest BCUT2D eigenvalue weighted by molar-refractivity contribution is -0.139. The Labute approximate surface area is 238 Å². The molecular formula is C28H30Cl2FN3O4S. The van der Waals surface area contributed by atoms with Crippen LogP contribution in [0, 0.1) is 5.82 Å². The van der Waals surface area contributed by atoms with E-state index >= 15 is 0 Å². The first-order chi connectivity index (χ1) is 18.5. The summed E-state index contributed by atoms with van der Waals surface area (Å²) in [7, 11) is -4.25. The topological polar surface area (TPSA) is 86.8 Å². The van der Waals surface area contributed by atoms with Crippen LogP contribution in [-0.4, -0.2) is 44.3 Å². The molecule has 3 rings (SSSR count). The second-order valence-corrected chi connectivity index (χ2v) is 11.6. The zero-order valence-corrected chi connectivity index (χ0v) is 23.9. The van der Waals surface area contributed by atoms with Gasteiger partial charge in [-0.15, -0.1) is 0 Å². The molecule has 1 unspecified atom stereocenters. The first kappa shape index (κ1) is 30.4. The number of halogens is 3. The van der Waals surface area contributed by atoms with Crippen LogP contribution in [0.3, 0.4) is 0 Å². The van der Waals surface area contributed by atoms with E-state index in [9.17, 15) is 22.4 Å². The van der Waals surface area contributed by atoms with Crippen LogP contribution in [0.2, 0.25) is 10.0 Å². The van der Waals surface area contributed by atoms with Gasteiger partial charge in [0.05, 0.1) is 15.6 Å². The van der Waals surface area contributed by atoms with Crippen molar-refractivity contribution in [3.05, 3.63) is 94.2 Å². The molecule has 0 spiro atoms. The normalized spacial score (nSPS) is 12.0. The van der Waals surface area contributed by atoms with E-state index in [1.54, 1.807) is 25.1 Å². The van der Waals surface area contributed by atoms with E-state index in [1.807, 2.05) is 6.92 Å². The maximum atomic E-state index is 13.8. The third kappa shape index (κ3) is 7.94. The molecule has 3 aromatic rings. The van der Waals surface area contributed by atoms with Crippen molar-refractivity contribution in [2.45, 2.75) is 44.2 Å². The number of sulfonamides is 1. The predicted molar refractivity (Wildman–Crippen MR) is 152 cm³/mol. The number of amides is 2. The molecule has 208 valence electrons. The summed E-state index contributed by atoms with van der Waals surface area (Å²) in [6.07, 6.45) is 1.64. The van der Waals surface area contributed by atoms with Crippen molar-refractivity contribution in [2.75, 3.05) is 17.4 Å². The molecule has 7 nitrogen and oxygen atoms in total. The number of rotatable bonds is 12. The Morgan fingerprint density at radius 1 is 1.00 bits per heavy atom. The Hall–Kier alpha value is -3.14. The van der Waals surface area contributed by atoms with Gasteiger partial charge in [0.25, 0.3) is 10.0 Å². The van der Waals surface area contributed by atoms with Gasteiger partial charge in [-0.25, -0.2) is 12.8 Å². The number of nitrogens with zero attached hydrogens (tertiary/aromatic N) is 2. The van der Waals surface area contributed by atoms with Crippen LogP contribution >= 0.6 is 23.2 Å². The fourth-order valence-corrected chi connectivity index (χ4v) is 5.84. The van der Waals surface area contributed by atoms with E-state index in [2.05, 4.69) is 5.32 Å². The van der Waals surface area contributed by atoms with E-state index in [0.29, 0.717) is 17.1 Å². The monoisotopic (exact) mass is 593 g/mol. The van der Waals surface area contributed by atoms with Gasteiger partial charge in [0.15, 0.2) is 0 Å². The van der Waals surface area contributed by atoms with E-state index in [0.717, 1.165) is 17.1 Å². The van der Waals surface area contributed by atoms with Crippen LogP contribution in [0.4, 0.5) is 10.1 Å². The lowest BCUT2D eigenvalue weighted by Crippen LogP contribution is -2.51. The number of carbonyl (C=O) groups is 2. The number of hydrogen-bond donors (Lipinski definition) is 1. The molecule has 0 aromatic heterocycles. The number of unbranched alkanes of at least 4 members (excludes halogenated alkanes) is 1. The fraction of sp³-hybridized carbons (Fsp3) is 0.286. The lowest BCUT2D eigenvalue weighted by Gasteiger charge is -2.32. The zero-order valence-electron chi connectivity index (χ0n) is 21.6. The van der Waals surface area contributed by atoms with Gasteiger partial charge in [-0.3, -0.25) is 13.9 Å². The van der Waals surface area contributed by atoms with Crippen molar-refractivity contribution in [1.82, 2.24) is 10.2 Å². The molecule has 11 heteroatoms. The van der Waals surface area contributed by atoms with Crippen molar-refractivity contribution >= 4 is 50.7 Å². The summed E-state index contributed by atoms with van der Waals surface area (Å²) in [4.78, 5) is 28.0. The quantitative estimate of drug-likeness (QED) is 0.274. The van der Waals surface area contributed by atoms with Crippen molar-refractivity contribution in [3.8, 4) is 0 Å². The highest BCUT2D eigenvalue weighted by atomic mass is 35.5. The number of hydrogen-bond acceptors (Lipinski definition) is 4. The van der Waals surface area contributed by atoms with Gasteiger partial charge in [0, 0.05) is 18.1 Å². The summed E-state index contributed by atoms with van der Waals surface area (Å²) in [6, 6.07) is 16.5. The molecule has 0 aliphatic carbocycles. The van der Waals surface area contributed by atoms with Crippen LogP contribution in [0.25, 0.3) is 0 Å². The number of carbonyl (C=O) groups excluding carboxylic acids is 2. The van der Waals surface area contributed by atoms with Crippen LogP contribution in [0.1, 0.15) is 32.3 Å². The average Bonchev–Trinajstić information content (AvgIpc) is 2.91. The van der Waals surface area contributed by atoms with Gasteiger partial charge in [-0.1, -0.05) is 66.9 Å². The Kier molecular flexibility index (Phi) is 10.7. The van der Waals surface area contributed by atoms with Gasteiger partial charge < -0.3 is 10.2 Å². The molecule has 2 amide bonds. The molecule has 3 aromatic carbocycles. The number of nitrogens with one attached hydrogen (secondary N) is 1. The first-order valence-corrected chi connectivity index (χ1v) is 14.6. The molecule has 0 bridgehead atoms. The van der Waals surface area contributed by atoms with Gasteiger partial charge >= 0.3 is 0 Å². The fourth-order valence-electron chi connectivity index (χ4n) is 3.82. The summed E-state index contributed by atoms with van der Waals surface area (Å²) < 4.78 is 41.9. The highest BCUT2D eigenvalue weighted by Gasteiger charge is 2.33. The minimum Gasteiger partial charge on any atom is -0.354 e. The molecule has 0 fully saturated rings. The molecule has 39 heavy (non-hydrogen) atoms. The second-order valence-electron chi connectivity index (χ2n) is 8.89. The molecule has 1 atom stereocenters. The minimum atomic E-state index is -4.25. The summed E-state index contributed by atoms with van der Waals surface area (Å²) in [5.74, 6) is -1.48.